The number of hydrogen-bond donors (Lipinski definition) is 1. The number of anilines is 1. The average Bonchev–Trinajstić information content (AvgIpc) is 2.92. The highest BCUT2D eigenvalue weighted by Gasteiger charge is 2.34. The molecule has 0 unspecified atom stereocenters. The molecule has 0 aliphatic rings. The van der Waals surface area contributed by atoms with E-state index in [1.54, 1.807) is 49.4 Å². The maximum atomic E-state index is 14.0. The Balaban J connectivity index is 2.08. The van der Waals surface area contributed by atoms with E-state index < -0.39 is 34.3 Å². The number of nitrogens with zero attached hydrogens (tertiary/aromatic N) is 2. The van der Waals surface area contributed by atoms with E-state index in [0.717, 1.165) is 9.87 Å². The number of benzene rings is 3. The first-order chi connectivity index (χ1) is 18.6. The second-order valence-corrected chi connectivity index (χ2v) is 11.4. The van der Waals surface area contributed by atoms with Gasteiger partial charge in [-0.15, -0.1) is 0 Å². The lowest BCUT2D eigenvalue weighted by molar-refractivity contribution is -0.140. The molecular weight excluding hydrogens is 517 g/mol. The highest BCUT2D eigenvalue weighted by atomic mass is 32.2. The normalized spacial score (nSPS) is 12.2. The number of hydrogen-bond acceptors (Lipinski definition) is 4. The summed E-state index contributed by atoms with van der Waals surface area (Å²) in [5.74, 6) is -1.30. The number of carbonyl (C=O) groups excluding carboxylic acids is 2. The molecule has 3 aromatic rings. The first kappa shape index (κ1) is 29.8. The maximum absolute atomic E-state index is 14.0. The molecular formula is C30H36FN3O4S. The zero-order valence-electron chi connectivity index (χ0n) is 22.8. The number of carbonyl (C=O) groups is 2. The van der Waals surface area contributed by atoms with Crippen molar-refractivity contribution in [1.82, 2.24) is 10.2 Å². The van der Waals surface area contributed by atoms with Crippen molar-refractivity contribution in [2.24, 2.45) is 0 Å². The molecule has 208 valence electrons. The SMILES string of the molecule is CCc1ccccc1N(CC(=O)N(Cc1ccc(F)cc1)[C@H](CC)C(=O)NC(C)C)S(=O)(=O)c1ccccc1. The minimum absolute atomic E-state index is 0.0117. The Morgan fingerprint density at radius 2 is 1.51 bits per heavy atom. The number of amides is 2. The van der Waals surface area contributed by atoms with Gasteiger partial charge in [0.25, 0.3) is 10.0 Å². The van der Waals surface area contributed by atoms with Crippen molar-refractivity contribution in [3.05, 3.63) is 95.8 Å². The monoisotopic (exact) mass is 553 g/mol. The van der Waals surface area contributed by atoms with Crippen molar-refractivity contribution in [2.45, 2.75) is 64.1 Å². The molecule has 7 nitrogen and oxygen atoms in total. The standard InChI is InChI=1S/C30H36FN3O4S/c1-5-24-12-10-11-15-28(24)34(39(37,38)26-13-8-7-9-14-26)21-29(35)33(20-23-16-18-25(31)19-17-23)27(6-2)30(36)32-22(3)4/h7-19,22,27H,5-6,20-21H2,1-4H3,(H,32,36)/t27-/m1/s1. The van der Waals surface area contributed by atoms with E-state index in [0.29, 0.717) is 24.1 Å². The average molecular weight is 554 g/mol. The summed E-state index contributed by atoms with van der Waals surface area (Å²) in [4.78, 5) is 28.6. The molecule has 2 amide bonds. The fraction of sp³-hybridized carbons (Fsp3) is 0.333. The summed E-state index contributed by atoms with van der Waals surface area (Å²) in [5, 5.41) is 2.86. The Bertz CT molecular complexity index is 1360. The second kappa shape index (κ2) is 13.4. The van der Waals surface area contributed by atoms with Crippen LogP contribution in [0.5, 0.6) is 0 Å². The molecule has 0 radical (unpaired) electrons. The number of rotatable bonds is 12. The minimum Gasteiger partial charge on any atom is -0.352 e. The van der Waals surface area contributed by atoms with Crippen LogP contribution in [0.4, 0.5) is 10.1 Å². The summed E-state index contributed by atoms with van der Waals surface area (Å²) < 4.78 is 42.5. The first-order valence-electron chi connectivity index (χ1n) is 13.1. The van der Waals surface area contributed by atoms with Gasteiger partial charge in [0, 0.05) is 12.6 Å². The number of aryl methyl sites for hydroxylation is 1. The minimum atomic E-state index is -4.13. The topological polar surface area (TPSA) is 86.8 Å². The number of nitrogens with one attached hydrogen (secondary N) is 1. The third kappa shape index (κ3) is 7.44. The van der Waals surface area contributed by atoms with Gasteiger partial charge in [0.2, 0.25) is 11.8 Å². The Morgan fingerprint density at radius 3 is 2.10 bits per heavy atom. The third-order valence-electron chi connectivity index (χ3n) is 6.33. The van der Waals surface area contributed by atoms with Gasteiger partial charge < -0.3 is 10.2 Å². The van der Waals surface area contributed by atoms with Gasteiger partial charge >= 0.3 is 0 Å². The van der Waals surface area contributed by atoms with Gasteiger partial charge in [-0.3, -0.25) is 13.9 Å². The molecule has 0 saturated heterocycles. The van der Waals surface area contributed by atoms with Crippen molar-refractivity contribution in [3.8, 4) is 0 Å². The Kier molecular flexibility index (Phi) is 10.2. The molecule has 39 heavy (non-hydrogen) atoms. The predicted octanol–water partition coefficient (Wildman–Crippen LogP) is 4.92. The van der Waals surface area contributed by atoms with Crippen molar-refractivity contribution in [2.75, 3.05) is 10.8 Å². The zero-order valence-corrected chi connectivity index (χ0v) is 23.6. The molecule has 1 N–H and O–H groups in total. The van der Waals surface area contributed by atoms with Crippen molar-refractivity contribution in [3.63, 3.8) is 0 Å². The highest BCUT2D eigenvalue weighted by molar-refractivity contribution is 7.92. The lowest BCUT2D eigenvalue weighted by atomic mass is 10.1. The molecule has 0 saturated carbocycles. The predicted molar refractivity (Wildman–Crippen MR) is 151 cm³/mol. The molecule has 0 heterocycles. The smallest absolute Gasteiger partial charge is 0.264 e. The van der Waals surface area contributed by atoms with Crippen LogP contribution in [0.15, 0.2) is 83.8 Å². The van der Waals surface area contributed by atoms with E-state index in [1.807, 2.05) is 32.9 Å². The summed E-state index contributed by atoms with van der Waals surface area (Å²) in [6.45, 7) is 6.86. The van der Waals surface area contributed by atoms with Crippen LogP contribution >= 0.6 is 0 Å². The van der Waals surface area contributed by atoms with Crippen LogP contribution in [-0.4, -0.2) is 43.8 Å². The number of para-hydroxylation sites is 1. The van der Waals surface area contributed by atoms with Crippen LogP contribution in [-0.2, 0) is 32.6 Å². The van der Waals surface area contributed by atoms with E-state index in [-0.39, 0.29) is 23.4 Å². The fourth-order valence-corrected chi connectivity index (χ4v) is 5.85. The van der Waals surface area contributed by atoms with Crippen LogP contribution < -0.4 is 9.62 Å². The lowest BCUT2D eigenvalue weighted by Gasteiger charge is -2.34. The van der Waals surface area contributed by atoms with Gasteiger partial charge in [-0.05, 0) is 68.1 Å². The summed E-state index contributed by atoms with van der Waals surface area (Å²) in [7, 11) is -4.13. The Labute approximate surface area is 230 Å². The van der Waals surface area contributed by atoms with Gasteiger partial charge in [0.15, 0.2) is 0 Å². The maximum Gasteiger partial charge on any atom is 0.264 e. The zero-order chi connectivity index (χ0) is 28.6. The van der Waals surface area contributed by atoms with Crippen LogP contribution in [0.1, 0.15) is 45.2 Å². The summed E-state index contributed by atoms with van der Waals surface area (Å²) in [6, 6.07) is 19.7. The molecule has 0 spiro atoms. The van der Waals surface area contributed by atoms with Crippen LogP contribution in [0, 0.1) is 5.82 Å². The van der Waals surface area contributed by atoms with Crippen LogP contribution in [0.2, 0.25) is 0 Å². The molecule has 0 fully saturated rings. The molecule has 0 aliphatic heterocycles. The quantitative estimate of drug-likeness (QED) is 0.345. The van der Waals surface area contributed by atoms with Crippen LogP contribution in [0.25, 0.3) is 0 Å². The Hall–Kier alpha value is -3.72. The van der Waals surface area contributed by atoms with Crippen molar-refractivity contribution in [1.29, 1.82) is 0 Å². The first-order valence-corrected chi connectivity index (χ1v) is 14.5. The number of sulfonamides is 1. The molecule has 9 heteroatoms. The van der Waals surface area contributed by atoms with E-state index in [2.05, 4.69) is 5.32 Å². The van der Waals surface area contributed by atoms with Crippen LogP contribution in [0.3, 0.4) is 0 Å². The van der Waals surface area contributed by atoms with Gasteiger partial charge in [-0.25, -0.2) is 12.8 Å². The van der Waals surface area contributed by atoms with Crippen molar-refractivity contribution >= 4 is 27.5 Å². The molecule has 0 aliphatic carbocycles. The molecule has 0 bridgehead atoms. The molecule has 0 aromatic heterocycles. The Morgan fingerprint density at radius 1 is 0.897 bits per heavy atom. The van der Waals surface area contributed by atoms with E-state index >= 15 is 0 Å². The van der Waals surface area contributed by atoms with E-state index in [1.165, 1.54) is 29.2 Å². The summed E-state index contributed by atoms with van der Waals surface area (Å²) in [5.41, 5.74) is 1.78. The molecule has 3 aromatic carbocycles. The number of halogens is 1. The lowest BCUT2D eigenvalue weighted by Crippen LogP contribution is -2.53. The van der Waals surface area contributed by atoms with Gasteiger partial charge in [-0.2, -0.15) is 0 Å². The third-order valence-corrected chi connectivity index (χ3v) is 8.11. The second-order valence-electron chi connectivity index (χ2n) is 9.54. The van der Waals surface area contributed by atoms with Gasteiger partial charge in [-0.1, -0.05) is 62.4 Å². The molecule has 3 rings (SSSR count). The van der Waals surface area contributed by atoms with E-state index in [4.69, 9.17) is 0 Å². The summed E-state index contributed by atoms with van der Waals surface area (Å²) >= 11 is 0. The van der Waals surface area contributed by atoms with Gasteiger partial charge in [0.1, 0.15) is 18.4 Å². The van der Waals surface area contributed by atoms with Gasteiger partial charge in [0.05, 0.1) is 10.6 Å². The van der Waals surface area contributed by atoms with Crippen molar-refractivity contribution < 1.29 is 22.4 Å². The summed E-state index contributed by atoms with van der Waals surface area (Å²) in [6.07, 6.45) is 0.862. The highest BCUT2D eigenvalue weighted by Crippen LogP contribution is 2.28. The molecule has 1 atom stereocenters. The largest absolute Gasteiger partial charge is 0.352 e. The van der Waals surface area contributed by atoms with E-state index in [9.17, 15) is 22.4 Å². The fourth-order valence-electron chi connectivity index (χ4n) is 4.37.